The molecule has 1 heterocycles. The van der Waals surface area contributed by atoms with Crippen molar-refractivity contribution in [3.63, 3.8) is 0 Å². The van der Waals surface area contributed by atoms with Crippen LogP contribution in [0.25, 0.3) is 6.08 Å². The largest absolute Gasteiger partial charge is 0.488 e. The summed E-state index contributed by atoms with van der Waals surface area (Å²) in [6.07, 6.45) is 1.79. The zero-order valence-electron chi connectivity index (χ0n) is 15.6. The number of carbonyl (C=O) groups is 1. The molecule has 0 fully saturated rings. The molecule has 2 aromatic carbocycles. The van der Waals surface area contributed by atoms with Gasteiger partial charge in [0.15, 0.2) is 0 Å². The third kappa shape index (κ3) is 4.78. The van der Waals surface area contributed by atoms with Crippen LogP contribution in [0.2, 0.25) is 0 Å². The van der Waals surface area contributed by atoms with Gasteiger partial charge in [-0.1, -0.05) is 18.2 Å². The van der Waals surface area contributed by atoms with E-state index in [2.05, 4.69) is 10.0 Å². The van der Waals surface area contributed by atoms with Gasteiger partial charge in [-0.25, -0.2) is 13.1 Å². The maximum absolute atomic E-state index is 12.5. The molecule has 1 aliphatic rings. The first kappa shape index (κ1) is 20.1. The summed E-state index contributed by atoms with van der Waals surface area (Å²) in [7, 11) is -2.15. The smallest absolute Gasteiger partial charge is 0.255 e. The average molecular weight is 402 g/mol. The number of methoxy groups -OCH3 is 1. The lowest BCUT2D eigenvalue weighted by atomic mass is 10.1. The number of fused-ring (bicyclic) bond motifs is 1. The van der Waals surface area contributed by atoms with E-state index in [1.807, 2.05) is 24.3 Å². The van der Waals surface area contributed by atoms with E-state index in [9.17, 15) is 13.2 Å². The Balaban J connectivity index is 1.68. The van der Waals surface area contributed by atoms with E-state index in [1.165, 1.54) is 19.2 Å². The second-order valence-electron chi connectivity index (χ2n) is 6.45. The molecule has 0 saturated carbocycles. The highest BCUT2D eigenvalue weighted by atomic mass is 32.2. The summed E-state index contributed by atoms with van der Waals surface area (Å²) in [5.74, 6) is 0.445. The van der Waals surface area contributed by atoms with Gasteiger partial charge in [-0.2, -0.15) is 0 Å². The summed E-state index contributed by atoms with van der Waals surface area (Å²) in [4.78, 5) is 12.6. The number of benzene rings is 2. The Bertz CT molecular complexity index is 984. The molecule has 1 atom stereocenters. The summed E-state index contributed by atoms with van der Waals surface area (Å²) < 4.78 is 37.7. The molecule has 1 amide bonds. The molecule has 28 heavy (non-hydrogen) atoms. The third-order valence-electron chi connectivity index (χ3n) is 4.12. The quantitative estimate of drug-likeness (QED) is 0.742. The van der Waals surface area contributed by atoms with Crippen LogP contribution in [0.4, 0.5) is 5.69 Å². The standard InChI is InChI=1S/C20H22N2O5S/c1-14(12-26-2)22-28(24,25)18-9-7-17(8-10-18)21-20(23)16-11-15-5-3-4-6-19(15)27-13-16/h3-11,14,22H,12-13H2,1-2H3,(H,21,23). The number of para-hydroxylation sites is 1. The molecule has 8 heteroatoms. The van der Waals surface area contributed by atoms with E-state index in [0.29, 0.717) is 11.3 Å². The van der Waals surface area contributed by atoms with Crippen molar-refractivity contribution in [3.8, 4) is 5.75 Å². The minimum Gasteiger partial charge on any atom is -0.488 e. The van der Waals surface area contributed by atoms with Gasteiger partial charge in [0.25, 0.3) is 5.91 Å². The van der Waals surface area contributed by atoms with Crippen molar-refractivity contribution in [3.05, 3.63) is 59.7 Å². The first-order valence-corrected chi connectivity index (χ1v) is 10.2. The van der Waals surface area contributed by atoms with Crippen LogP contribution in [0.5, 0.6) is 5.75 Å². The zero-order chi connectivity index (χ0) is 20.1. The number of nitrogens with one attached hydrogen (secondary N) is 2. The van der Waals surface area contributed by atoms with Gasteiger partial charge < -0.3 is 14.8 Å². The summed E-state index contributed by atoms with van der Waals surface area (Å²) in [6, 6.07) is 13.1. The molecule has 0 radical (unpaired) electrons. The summed E-state index contributed by atoms with van der Waals surface area (Å²) in [6.45, 7) is 2.16. The Morgan fingerprint density at radius 1 is 1.18 bits per heavy atom. The van der Waals surface area contributed by atoms with Crippen molar-refractivity contribution in [2.24, 2.45) is 0 Å². The Morgan fingerprint density at radius 2 is 1.89 bits per heavy atom. The van der Waals surface area contributed by atoms with Gasteiger partial charge in [0.05, 0.1) is 17.1 Å². The first-order valence-electron chi connectivity index (χ1n) is 8.74. The van der Waals surface area contributed by atoms with E-state index < -0.39 is 10.0 Å². The molecule has 0 spiro atoms. The summed E-state index contributed by atoms with van der Waals surface area (Å²) in [5, 5.41) is 2.76. The van der Waals surface area contributed by atoms with E-state index in [4.69, 9.17) is 9.47 Å². The molecule has 2 aromatic rings. The maximum Gasteiger partial charge on any atom is 0.255 e. The van der Waals surface area contributed by atoms with Crippen LogP contribution in [0.3, 0.4) is 0 Å². The highest BCUT2D eigenvalue weighted by Crippen LogP contribution is 2.26. The van der Waals surface area contributed by atoms with Crippen molar-refractivity contribution in [1.29, 1.82) is 0 Å². The summed E-state index contributed by atoms with van der Waals surface area (Å²) >= 11 is 0. The van der Waals surface area contributed by atoms with Crippen molar-refractivity contribution in [2.45, 2.75) is 17.9 Å². The Labute approximate surface area is 164 Å². The van der Waals surface area contributed by atoms with E-state index in [-0.39, 0.29) is 30.1 Å². The molecule has 0 aromatic heterocycles. The monoisotopic (exact) mass is 402 g/mol. The summed E-state index contributed by atoms with van der Waals surface area (Å²) in [5.41, 5.74) is 1.83. The average Bonchev–Trinajstić information content (AvgIpc) is 2.67. The molecule has 148 valence electrons. The molecule has 0 aliphatic carbocycles. The van der Waals surface area contributed by atoms with Gasteiger partial charge in [-0.15, -0.1) is 0 Å². The number of ether oxygens (including phenoxy) is 2. The molecule has 1 aliphatic heterocycles. The number of hydrogen-bond acceptors (Lipinski definition) is 5. The highest BCUT2D eigenvalue weighted by molar-refractivity contribution is 7.89. The number of rotatable bonds is 7. The lowest BCUT2D eigenvalue weighted by Crippen LogP contribution is -2.35. The minimum absolute atomic E-state index is 0.114. The fourth-order valence-electron chi connectivity index (χ4n) is 2.79. The zero-order valence-corrected chi connectivity index (χ0v) is 16.5. The molecule has 0 saturated heterocycles. The normalized spacial score (nSPS) is 14.4. The van der Waals surface area contributed by atoms with E-state index in [0.717, 1.165) is 11.3 Å². The van der Waals surface area contributed by atoms with Crippen molar-refractivity contribution in [1.82, 2.24) is 4.72 Å². The van der Waals surface area contributed by atoms with Crippen molar-refractivity contribution in [2.75, 3.05) is 25.6 Å². The second kappa shape index (κ2) is 8.55. The topological polar surface area (TPSA) is 93.7 Å². The van der Waals surface area contributed by atoms with Crippen LogP contribution >= 0.6 is 0 Å². The van der Waals surface area contributed by atoms with E-state index in [1.54, 1.807) is 25.1 Å². The number of sulfonamides is 1. The molecular weight excluding hydrogens is 380 g/mol. The molecule has 0 bridgehead atoms. The SMILES string of the molecule is COCC(C)NS(=O)(=O)c1ccc(NC(=O)C2=Cc3ccccc3OC2)cc1. The van der Waals surface area contributed by atoms with E-state index >= 15 is 0 Å². The molecular formula is C20H22N2O5S. The Morgan fingerprint density at radius 3 is 2.61 bits per heavy atom. The molecule has 3 rings (SSSR count). The number of amides is 1. The Kier molecular flexibility index (Phi) is 6.13. The predicted octanol–water partition coefficient (Wildman–Crippen LogP) is 2.41. The highest BCUT2D eigenvalue weighted by Gasteiger charge is 2.19. The third-order valence-corrected chi connectivity index (χ3v) is 5.72. The Hall–Kier alpha value is -2.68. The van der Waals surface area contributed by atoms with Crippen LogP contribution in [0, 0.1) is 0 Å². The molecule has 7 nitrogen and oxygen atoms in total. The van der Waals surface area contributed by atoms with Gasteiger partial charge in [0.1, 0.15) is 12.4 Å². The van der Waals surface area contributed by atoms with Gasteiger partial charge in [0, 0.05) is 24.4 Å². The van der Waals surface area contributed by atoms with Crippen molar-refractivity contribution < 1.29 is 22.7 Å². The predicted molar refractivity (Wildman–Crippen MR) is 107 cm³/mol. The van der Waals surface area contributed by atoms with Crippen LogP contribution in [0.15, 0.2) is 59.0 Å². The first-order chi connectivity index (χ1) is 13.4. The number of anilines is 1. The lowest BCUT2D eigenvalue weighted by molar-refractivity contribution is -0.113. The maximum atomic E-state index is 12.5. The van der Waals surface area contributed by atoms with Gasteiger partial charge >= 0.3 is 0 Å². The molecule has 2 N–H and O–H groups in total. The van der Waals surface area contributed by atoms with Crippen LogP contribution < -0.4 is 14.8 Å². The number of carbonyl (C=O) groups excluding carboxylic acids is 1. The molecule has 1 unspecified atom stereocenters. The number of hydrogen-bond donors (Lipinski definition) is 2. The van der Waals surface area contributed by atoms with Crippen LogP contribution in [-0.4, -0.2) is 40.7 Å². The van der Waals surface area contributed by atoms with Gasteiger partial charge in [-0.3, -0.25) is 4.79 Å². The fourth-order valence-corrected chi connectivity index (χ4v) is 4.02. The second-order valence-corrected chi connectivity index (χ2v) is 8.17. The lowest BCUT2D eigenvalue weighted by Gasteiger charge is -2.17. The fraction of sp³-hybridized carbons (Fsp3) is 0.250. The van der Waals surface area contributed by atoms with Crippen LogP contribution in [0.1, 0.15) is 12.5 Å². The van der Waals surface area contributed by atoms with Gasteiger partial charge in [-0.05, 0) is 43.3 Å². The minimum atomic E-state index is -3.65. The van der Waals surface area contributed by atoms with Gasteiger partial charge in [0.2, 0.25) is 10.0 Å². The van der Waals surface area contributed by atoms with Crippen molar-refractivity contribution >= 4 is 27.7 Å². The van der Waals surface area contributed by atoms with Crippen LogP contribution in [-0.2, 0) is 19.6 Å².